The molecule has 1 aromatic carbocycles. The Morgan fingerprint density at radius 3 is 3.05 bits per heavy atom. The predicted octanol–water partition coefficient (Wildman–Crippen LogP) is 2.35. The van der Waals surface area contributed by atoms with E-state index in [0.29, 0.717) is 17.7 Å². The third kappa shape index (κ3) is 2.94. The van der Waals surface area contributed by atoms with E-state index in [0.717, 1.165) is 29.2 Å². The van der Waals surface area contributed by atoms with Gasteiger partial charge in [0.25, 0.3) is 5.91 Å². The lowest BCUT2D eigenvalue weighted by Crippen LogP contribution is -2.39. The summed E-state index contributed by atoms with van der Waals surface area (Å²) in [4.78, 5) is 24.5. The van der Waals surface area contributed by atoms with Crippen LogP contribution in [-0.4, -0.2) is 25.0 Å². The average molecular weight is 365 g/mol. The molecule has 1 aliphatic heterocycles. The van der Waals surface area contributed by atoms with E-state index in [9.17, 15) is 9.59 Å². The maximum atomic E-state index is 12.4. The lowest BCUT2D eigenvalue weighted by molar-refractivity contribution is 0.0946. The van der Waals surface area contributed by atoms with Crippen molar-refractivity contribution in [3.8, 4) is 0 Å². The molecule has 5 nitrogen and oxygen atoms in total. The van der Waals surface area contributed by atoms with Gasteiger partial charge in [-0.2, -0.15) is 0 Å². The summed E-state index contributed by atoms with van der Waals surface area (Å²) in [5.41, 5.74) is 0.622. The second kappa shape index (κ2) is 6.22. The molecule has 1 aromatic heterocycles. The first-order valence-electron chi connectivity index (χ1n) is 7.31. The van der Waals surface area contributed by atoms with Crippen molar-refractivity contribution in [3.63, 3.8) is 0 Å². The molecule has 0 bridgehead atoms. The van der Waals surface area contributed by atoms with Gasteiger partial charge in [-0.05, 0) is 50.1 Å². The topological polar surface area (TPSA) is 71.3 Å². The van der Waals surface area contributed by atoms with Gasteiger partial charge in [-0.25, -0.2) is 4.79 Å². The van der Waals surface area contributed by atoms with Gasteiger partial charge in [0.2, 0.25) is 0 Å². The van der Waals surface area contributed by atoms with Gasteiger partial charge in [-0.3, -0.25) is 4.79 Å². The highest BCUT2D eigenvalue weighted by molar-refractivity contribution is 9.10. The Morgan fingerprint density at radius 2 is 2.32 bits per heavy atom. The zero-order valence-corrected chi connectivity index (χ0v) is 13.8. The van der Waals surface area contributed by atoms with E-state index in [1.165, 1.54) is 0 Å². The summed E-state index contributed by atoms with van der Waals surface area (Å²) in [5, 5.41) is 6.90. The molecule has 0 saturated carbocycles. The van der Waals surface area contributed by atoms with Crippen LogP contribution >= 0.6 is 15.9 Å². The second-order valence-corrected chi connectivity index (χ2v) is 6.45. The van der Waals surface area contributed by atoms with E-state index >= 15 is 0 Å². The number of hydrogen-bond acceptors (Lipinski definition) is 4. The number of benzene rings is 1. The number of rotatable bonds is 3. The summed E-state index contributed by atoms with van der Waals surface area (Å²) in [7, 11) is 0. The molecule has 0 spiro atoms. The minimum absolute atomic E-state index is 0.0867. The van der Waals surface area contributed by atoms with Crippen molar-refractivity contribution >= 4 is 32.8 Å². The van der Waals surface area contributed by atoms with Crippen LogP contribution < -0.4 is 16.3 Å². The molecule has 1 atom stereocenters. The Bertz CT molecular complexity index is 779. The Hall–Kier alpha value is -1.66. The molecule has 116 valence electrons. The van der Waals surface area contributed by atoms with Gasteiger partial charge < -0.3 is 15.1 Å². The van der Waals surface area contributed by atoms with Gasteiger partial charge in [-0.15, -0.1) is 0 Å². The van der Waals surface area contributed by atoms with Crippen molar-refractivity contribution in [3.05, 3.63) is 44.2 Å². The molecule has 1 amide bonds. The van der Waals surface area contributed by atoms with Crippen molar-refractivity contribution in [1.29, 1.82) is 0 Å². The molecule has 1 aliphatic rings. The molecule has 2 heterocycles. The SMILES string of the molecule is Cc1c(C(=O)NCC2CCCN2)c(=O)oc2ccc(Br)cc12. The Labute approximate surface area is 136 Å². The predicted molar refractivity (Wildman–Crippen MR) is 88.3 cm³/mol. The van der Waals surface area contributed by atoms with E-state index < -0.39 is 5.63 Å². The molecule has 22 heavy (non-hydrogen) atoms. The number of carbonyl (C=O) groups excluding carboxylic acids is 1. The summed E-state index contributed by atoms with van der Waals surface area (Å²) < 4.78 is 6.14. The number of hydrogen-bond donors (Lipinski definition) is 2. The fourth-order valence-corrected chi connectivity index (χ4v) is 3.18. The van der Waals surface area contributed by atoms with Crippen molar-refractivity contribution in [2.45, 2.75) is 25.8 Å². The number of aryl methyl sites for hydroxylation is 1. The van der Waals surface area contributed by atoms with E-state index in [-0.39, 0.29) is 17.5 Å². The van der Waals surface area contributed by atoms with Gasteiger partial charge in [0, 0.05) is 22.4 Å². The largest absolute Gasteiger partial charge is 0.422 e. The van der Waals surface area contributed by atoms with Crippen LogP contribution in [0.2, 0.25) is 0 Å². The maximum Gasteiger partial charge on any atom is 0.349 e. The molecule has 2 N–H and O–H groups in total. The van der Waals surface area contributed by atoms with Crippen LogP contribution in [0.5, 0.6) is 0 Å². The van der Waals surface area contributed by atoms with E-state index in [4.69, 9.17) is 4.42 Å². The molecule has 2 aromatic rings. The highest BCUT2D eigenvalue weighted by Gasteiger charge is 2.20. The van der Waals surface area contributed by atoms with Crippen LogP contribution in [0.25, 0.3) is 11.0 Å². The number of fused-ring (bicyclic) bond motifs is 1. The minimum atomic E-state index is -0.593. The third-order valence-electron chi connectivity index (χ3n) is 4.03. The lowest BCUT2D eigenvalue weighted by Gasteiger charge is -2.12. The van der Waals surface area contributed by atoms with Crippen molar-refractivity contribution in [2.24, 2.45) is 0 Å². The van der Waals surface area contributed by atoms with Crippen LogP contribution in [0.4, 0.5) is 0 Å². The molecule has 3 rings (SSSR count). The third-order valence-corrected chi connectivity index (χ3v) is 4.52. The Morgan fingerprint density at radius 1 is 1.50 bits per heavy atom. The molecule has 1 unspecified atom stereocenters. The standard InChI is InChI=1S/C16H17BrN2O3/c1-9-12-7-10(17)4-5-13(12)22-16(21)14(9)15(20)19-8-11-3-2-6-18-11/h4-5,7,11,18H,2-3,6,8H2,1H3,(H,19,20). The smallest absolute Gasteiger partial charge is 0.349 e. The lowest BCUT2D eigenvalue weighted by atomic mass is 10.1. The first kappa shape index (κ1) is 15.2. The number of carbonyl (C=O) groups is 1. The zero-order valence-electron chi connectivity index (χ0n) is 12.2. The quantitative estimate of drug-likeness (QED) is 0.820. The van der Waals surface area contributed by atoms with Gasteiger partial charge >= 0.3 is 5.63 Å². The summed E-state index contributed by atoms with van der Waals surface area (Å²) in [6.07, 6.45) is 2.16. The fourth-order valence-electron chi connectivity index (χ4n) is 2.82. The minimum Gasteiger partial charge on any atom is -0.422 e. The molecule has 0 radical (unpaired) electrons. The highest BCUT2D eigenvalue weighted by Crippen LogP contribution is 2.23. The molecular weight excluding hydrogens is 348 g/mol. The monoisotopic (exact) mass is 364 g/mol. The Balaban J connectivity index is 1.91. The molecular formula is C16H17BrN2O3. The highest BCUT2D eigenvalue weighted by atomic mass is 79.9. The van der Waals surface area contributed by atoms with Crippen LogP contribution in [0.3, 0.4) is 0 Å². The number of halogens is 1. The second-order valence-electron chi connectivity index (χ2n) is 5.53. The summed E-state index contributed by atoms with van der Waals surface area (Å²) in [6.45, 7) is 3.27. The number of amides is 1. The molecule has 1 saturated heterocycles. The van der Waals surface area contributed by atoms with E-state index in [1.54, 1.807) is 19.1 Å². The summed E-state index contributed by atoms with van der Waals surface area (Å²) in [5.74, 6) is -0.373. The van der Waals surface area contributed by atoms with Crippen LogP contribution in [0.1, 0.15) is 28.8 Å². The average Bonchev–Trinajstić information content (AvgIpc) is 2.99. The molecule has 6 heteroatoms. The van der Waals surface area contributed by atoms with E-state index in [2.05, 4.69) is 26.6 Å². The van der Waals surface area contributed by atoms with Crippen molar-refractivity contribution in [2.75, 3.05) is 13.1 Å². The van der Waals surface area contributed by atoms with Crippen molar-refractivity contribution in [1.82, 2.24) is 10.6 Å². The Kier molecular flexibility index (Phi) is 4.31. The molecule has 0 aliphatic carbocycles. The zero-order chi connectivity index (χ0) is 15.7. The summed E-state index contributed by atoms with van der Waals surface area (Å²) >= 11 is 3.39. The maximum absolute atomic E-state index is 12.4. The summed E-state index contributed by atoms with van der Waals surface area (Å²) in [6, 6.07) is 5.66. The molecule has 1 fully saturated rings. The first-order valence-corrected chi connectivity index (χ1v) is 8.10. The van der Waals surface area contributed by atoms with Crippen LogP contribution in [0.15, 0.2) is 31.9 Å². The van der Waals surface area contributed by atoms with Crippen molar-refractivity contribution < 1.29 is 9.21 Å². The normalized spacial score (nSPS) is 17.8. The van der Waals surface area contributed by atoms with Gasteiger partial charge in [0.15, 0.2) is 0 Å². The van der Waals surface area contributed by atoms with Gasteiger partial charge in [0.05, 0.1) is 0 Å². The number of nitrogens with one attached hydrogen (secondary N) is 2. The van der Waals surface area contributed by atoms with E-state index in [1.807, 2.05) is 6.07 Å². The van der Waals surface area contributed by atoms with Gasteiger partial charge in [-0.1, -0.05) is 15.9 Å². The fraction of sp³-hybridized carbons (Fsp3) is 0.375. The van der Waals surface area contributed by atoms with Crippen LogP contribution in [-0.2, 0) is 0 Å². The van der Waals surface area contributed by atoms with Gasteiger partial charge in [0.1, 0.15) is 11.1 Å². The first-order chi connectivity index (χ1) is 10.6. The van der Waals surface area contributed by atoms with Crippen LogP contribution in [0, 0.1) is 6.92 Å².